The number of thioether (sulfide) groups is 1. The molecular formula is C12H15ClFNS. The van der Waals surface area contributed by atoms with E-state index >= 15 is 0 Å². The van der Waals surface area contributed by atoms with E-state index in [0.717, 1.165) is 12.1 Å². The van der Waals surface area contributed by atoms with Gasteiger partial charge in [-0.2, -0.15) is 11.8 Å². The molecule has 0 spiro atoms. The van der Waals surface area contributed by atoms with Crippen molar-refractivity contribution in [1.29, 1.82) is 0 Å². The molecule has 0 amide bonds. The van der Waals surface area contributed by atoms with E-state index in [9.17, 15) is 4.39 Å². The fourth-order valence-electron chi connectivity index (χ4n) is 1.74. The molecule has 0 heterocycles. The summed E-state index contributed by atoms with van der Waals surface area (Å²) in [5, 5.41) is 3.82. The molecule has 0 aromatic heterocycles. The highest BCUT2D eigenvalue weighted by Crippen LogP contribution is 2.46. The van der Waals surface area contributed by atoms with E-state index in [2.05, 4.69) is 11.6 Å². The molecule has 88 valence electrons. The van der Waals surface area contributed by atoms with Gasteiger partial charge >= 0.3 is 0 Å². The van der Waals surface area contributed by atoms with E-state index in [1.165, 1.54) is 25.0 Å². The van der Waals surface area contributed by atoms with E-state index in [1.807, 2.05) is 11.8 Å². The van der Waals surface area contributed by atoms with Crippen molar-refractivity contribution in [1.82, 2.24) is 5.32 Å². The Morgan fingerprint density at radius 2 is 2.19 bits per heavy atom. The summed E-state index contributed by atoms with van der Waals surface area (Å²) in [4.78, 5) is 0. The fourth-order valence-corrected chi connectivity index (χ4v) is 2.74. The molecule has 1 aliphatic rings. The minimum atomic E-state index is -0.268. The van der Waals surface area contributed by atoms with Crippen LogP contribution in [0.4, 0.5) is 4.39 Å². The predicted molar refractivity (Wildman–Crippen MR) is 68.6 cm³/mol. The van der Waals surface area contributed by atoms with Crippen LogP contribution in [0.1, 0.15) is 18.4 Å². The van der Waals surface area contributed by atoms with Crippen molar-refractivity contribution in [3.8, 4) is 0 Å². The van der Waals surface area contributed by atoms with Crippen LogP contribution >= 0.6 is 23.4 Å². The normalized spacial score (nSPS) is 17.4. The van der Waals surface area contributed by atoms with Gasteiger partial charge in [0.25, 0.3) is 0 Å². The Hall–Kier alpha value is -0.250. The SMILES string of the molecule is CSC1(CNCc2cc(F)cc(Cl)c2)CC1. The van der Waals surface area contributed by atoms with E-state index in [0.29, 0.717) is 16.3 Å². The van der Waals surface area contributed by atoms with Gasteiger partial charge in [-0.1, -0.05) is 11.6 Å². The van der Waals surface area contributed by atoms with Gasteiger partial charge < -0.3 is 5.32 Å². The summed E-state index contributed by atoms with van der Waals surface area (Å²) in [5.74, 6) is -0.268. The molecule has 4 heteroatoms. The largest absolute Gasteiger partial charge is 0.311 e. The van der Waals surface area contributed by atoms with Gasteiger partial charge in [0.05, 0.1) is 0 Å². The lowest BCUT2D eigenvalue weighted by Crippen LogP contribution is -2.25. The summed E-state index contributed by atoms with van der Waals surface area (Å²) in [6, 6.07) is 4.66. The number of rotatable bonds is 5. The summed E-state index contributed by atoms with van der Waals surface area (Å²) >= 11 is 7.70. The molecule has 16 heavy (non-hydrogen) atoms. The van der Waals surface area contributed by atoms with Gasteiger partial charge in [-0.3, -0.25) is 0 Å². The second-order valence-corrected chi connectivity index (χ2v) is 5.98. The number of halogens is 2. The number of hydrogen-bond acceptors (Lipinski definition) is 2. The van der Waals surface area contributed by atoms with Crippen LogP contribution in [0.2, 0.25) is 5.02 Å². The Kier molecular flexibility index (Phi) is 3.77. The third kappa shape index (κ3) is 3.12. The van der Waals surface area contributed by atoms with Gasteiger partial charge in [-0.25, -0.2) is 4.39 Å². The zero-order valence-electron chi connectivity index (χ0n) is 9.22. The number of benzene rings is 1. The highest BCUT2D eigenvalue weighted by atomic mass is 35.5. The quantitative estimate of drug-likeness (QED) is 0.869. The molecule has 1 aromatic rings. The van der Waals surface area contributed by atoms with E-state index in [-0.39, 0.29) is 5.82 Å². The van der Waals surface area contributed by atoms with Crippen molar-refractivity contribution in [3.63, 3.8) is 0 Å². The molecule has 0 atom stereocenters. The Morgan fingerprint density at radius 3 is 2.75 bits per heavy atom. The minimum absolute atomic E-state index is 0.268. The fraction of sp³-hybridized carbons (Fsp3) is 0.500. The Balaban J connectivity index is 1.85. The van der Waals surface area contributed by atoms with Crippen molar-refractivity contribution in [2.24, 2.45) is 0 Å². The molecule has 1 aliphatic carbocycles. The average molecular weight is 260 g/mol. The summed E-state index contributed by atoms with van der Waals surface area (Å²) < 4.78 is 13.5. The summed E-state index contributed by atoms with van der Waals surface area (Å²) in [6.45, 7) is 1.67. The molecule has 1 aromatic carbocycles. The second kappa shape index (κ2) is 4.94. The van der Waals surface area contributed by atoms with Crippen LogP contribution in [0.3, 0.4) is 0 Å². The smallest absolute Gasteiger partial charge is 0.125 e. The molecule has 1 N–H and O–H groups in total. The highest BCUT2D eigenvalue weighted by molar-refractivity contribution is 8.00. The van der Waals surface area contributed by atoms with Crippen LogP contribution in [-0.2, 0) is 6.54 Å². The molecule has 2 rings (SSSR count). The topological polar surface area (TPSA) is 12.0 Å². The van der Waals surface area contributed by atoms with Gasteiger partial charge in [-0.15, -0.1) is 0 Å². The van der Waals surface area contributed by atoms with Crippen LogP contribution < -0.4 is 5.32 Å². The van der Waals surface area contributed by atoms with Gasteiger partial charge in [-0.05, 0) is 42.9 Å². The van der Waals surface area contributed by atoms with E-state index in [1.54, 1.807) is 6.07 Å². The van der Waals surface area contributed by atoms with Crippen LogP contribution in [0.25, 0.3) is 0 Å². The lowest BCUT2D eigenvalue weighted by molar-refractivity contribution is 0.618. The van der Waals surface area contributed by atoms with Crippen LogP contribution in [0.15, 0.2) is 18.2 Å². The first-order valence-electron chi connectivity index (χ1n) is 5.34. The van der Waals surface area contributed by atoms with Crippen LogP contribution in [-0.4, -0.2) is 17.5 Å². The molecule has 0 saturated heterocycles. The van der Waals surface area contributed by atoms with Gasteiger partial charge in [0.1, 0.15) is 5.82 Å². The molecule has 1 fully saturated rings. The first-order chi connectivity index (χ1) is 7.63. The first-order valence-corrected chi connectivity index (χ1v) is 6.95. The van der Waals surface area contributed by atoms with E-state index in [4.69, 9.17) is 11.6 Å². The molecule has 1 nitrogen and oxygen atoms in total. The highest BCUT2D eigenvalue weighted by Gasteiger charge is 2.41. The number of hydrogen-bond donors (Lipinski definition) is 1. The Labute approximate surface area is 105 Å². The van der Waals surface area contributed by atoms with Gasteiger partial charge in [0.2, 0.25) is 0 Å². The van der Waals surface area contributed by atoms with Gasteiger partial charge in [0, 0.05) is 22.9 Å². The Bertz CT molecular complexity index is 359. The summed E-state index contributed by atoms with van der Waals surface area (Å²) in [7, 11) is 0. The summed E-state index contributed by atoms with van der Waals surface area (Å²) in [6.07, 6.45) is 4.71. The lowest BCUT2D eigenvalue weighted by Gasteiger charge is -2.13. The van der Waals surface area contributed by atoms with Crippen molar-refractivity contribution < 1.29 is 4.39 Å². The van der Waals surface area contributed by atoms with Crippen molar-refractivity contribution in [2.45, 2.75) is 24.1 Å². The molecule has 1 saturated carbocycles. The molecule has 0 radical (unpaired) electrons. The van der Waals surface area contributed by atoms with Gasteiger partial charge in [0.15, 0.2) is 0 Å². The third-order valence-corrected chi connectivity index (χ3v) is 4.58. The average Bonchev–Trinajstić information content (AvgIpc) is 2.97. The summed E-state index contributed by atoms with van der Waals surface area (Å²) in [5.41, 5.74) is 0.905. The zero-order valence-corrected chi connectivity index (χ0v) is 10.8. The Morgan fingerprint density at radius 1 is 1.44 bits per heavy atom. The second-order valence-electron chi connectivity index (χ2n) is 4.27. The molecule has 0 unspecified atom stereocenters. The van der Waals surface area contributed by atoms with Crippen molar-refractivity contribution in [2.75, 3.05) is 12.8 Å². The zero-order chi connectivity index (χ0) is 11.6. The standard InChI is InChI=1S/C12H15ClFNS/c1-16-12(2-3-12)8-15-7-9-4-10(13)6-11(14)5-9/h4-6,15H,2-3,7-8H2,1H3. The van der Waals surface area contributed by atoms with Crippen LogP contribution in [0, 0.1) is 5.82 Å². The monoisotopic (exact) mass is 259 g/mol. The third-order valence-electron chi connectivity index (χ3n) is 2.94. The number of nitrogens with one attached hydrogen (secondary N) is 1. The minimum Gasteiger partial charge on any atom is -0.311 e. The maximum Gasteiger partial charge on any atom is 0.125 e. The first kappa shape index (κ1) is 12.2. The molecular weight excluding hydrogens is 245 g/mol. The van der Waals surface area contributed by atoms with Crippen molar-refractivity contribution in [3.05, 3.63) is 34.6 Å². The van der Waals surface area contributed by atoms with E-state index < -0.39 is 0 Å². The lowest BCUT2D eigenvalue weighted by atomic mass is 10.2. The molecule has 0 aliphatic heterocycles. The van der Waals surface area contributed by atoms with Crippen LogP contribution in [0.5, 0.6) is 0 Å². The predicted octanol–water partition coefficient (Wildman–Crippen LogP) is 3.46. The van der Waals surface area contributed by atoms with Crippen molar-refractivity contribution >= 4 is 23.4 Å². The molecule has 0 bridgehead atoms. The maximum atomic E-state index is 13.1. The maximum absolute atomic E-state index is 13.1.